The van der Waals surface area contributed by atoms with Crippen LogP contribution in [0.15, 0.2) is 53.4 Å². The normalized spacial score (nSPS) is 27.0. The van der Waals surface area contributed by atoms with E-state index in [4.69, 9.17) is 34.7 Å². The highest BCUT2D eigenvalue weighted by Gasteiger charge is 2.68. The zero-order valence-electron chi connectivity index (χ0n) is 12.1. The summed E-state index contributed by atoms with van der Waals surface area (Å²) in [6.45, 7) is 0.0811. The lowest BCUT2D eigenvalue weighted by molar-refractivity contribution is 0.586. The van der Waals surface area contributed by atoms with E-state index in [9.17, 15) is 8.42 Å². The first-order valence-electron chi connectivity index (χ1n) is 7.04. The first-order valence-corrected chi connectivity index (χ1v) is 9.35. The predicted molar refractivity (Wildman–Crippen MR) is 92.6 cm³/mol. The van der Waals surface area contributed by atoms with Crippen LogP contribution in [0.4, 0.5) is 0 Å². The average Bonchev–Trinajstić information content (AvgIpc) is 3.16. The molecule has 1 aliphatic rings. The van der Waals surface area contributed by atoms with Crippen LogP contribution in [-0.2, 0) is 9.84 Å². The molecule has 0 spiro atoms. The molecule has 1 saturated carbocycles. The van der Waals surface area contributed by atoms with Crippen molar-refractivity contribution in [1.82, 2.24) is 0 Å². The summed E-state index contributed by atoms with van der Waals surface area (Å²) in [6, 6.07) is 13.1. The highest BCUT2D eigenvalue weighted by atomic mass is 35.5. The summed E-state index contributed by atoms with van der Waals surface area (Å²) in [7, 11) is -3.61. The highest BCUT2D eigenvalue weighted by Crippen LogP contribution is 2.55. The summed E-state index contributed by atoms with van der Waals surface area (Å²) in [5.74, 6) is -0.356. The van der Waals surface area contributed by atoms with Crippen molar-refractivity contribution in [3.63, 3.8) is 0 Å². The maximum atomic E-state index is 12.9. The Hall–Kier alpha value is -1.11. The topological polar surface area (TPSA) is 86.2 Å². The second-order valence-corrected chi connectivity index (χ2v) is 8.71. The van der Waals surface area contributed by atoms with E-state index in [0.29, 0.717) is 10.0 Å². The van der Waals surface area contributed by atoms with Gasteiger partial charge in [-0.3, -0.25) is 0 Å². The Labute approximate surface area is 145 Å². The van der Waals surface area contributed by atoms with Crippen molar-refractivity contribution in [2.45, 2.75) is 21.6 Å². The summed E-state index contributed by atoms with van der Waals surface area (Å²) >= 11 is 11.7. The van der Waals surface area contributed by atoms with Gasteiger partial charge in [-0.25, -0.2) is 8.42 Å². The fraction of sp³-hybridized carbons (Fsp3) is 0.250. The van der Waals surface area contributed by atoms with Crippen molar-refractivity contribution in [2.75, 3.05) is 6.54 Å². The standard InChI is InChI=1S/C16H16Cl2N2O2S/c17-11-3-1-10(2-4-11)14-15(16(14,20)9-19)23(21,22)13-7-5-12(18)6-8-13/h1-8,14-15H,9,19-20H2/t14-,15-,16+/m0/s1. The van der Waals surface area contributed by atoms with Gasteiger partial charge in [0.25, 0.3) is 0 Å². The van der Waals surface area contributed by atoms with E-state index in [1.807, 2.05) is 0 Å². The maximum absolute atomic E-state index is 12.9. The smallest absolute Gasteiger partial charge is 0.183 e. The minimum absolute atomic E-state index is 0.0811. The molecule has 1 fully saturated rings. The SMILES string of the molecule is NC[C@@]1(N)[C@@H](c2ccc(Cl)cc2)[C@@H]1S(=O)(=O)c1ccc(Cl)cc1. The number of hydrogen-bond donors (Lipinski definition) is 2. The molecular formula is C16H16Cl2N2O2S. The van der Waals surface area contributed by atoms with Crippen molar-refractivity contribution >= 4 is 33.0 Å². The Balaban J connectivity index is 2.01. The average molecular weight is 371 g/mol. The third-order valence-electron chi connectivity index (χ3n) is 4.36. The molecule has 0 heterocycles. The van der Waals surface area contributed by atoms with Crippen LogP contribution in [0.5, 0.6) is 0 Å². The van der Waals surface area contributed by atoms with Gasteiger partial charge < -0.3 is 11.5 Å². The van der Waals surface area contributed by atoms with E-state index in [1.54, 1.807) is 36.4 Å². The predicted octanol–water partition coefficient (Wildman–Crippen LogP) is 2.59. The van der Waals surface area contributed by atoms with Gasteiger partial charge in [0.1, 0.15) is 0 Å². The van der Waals surface area contributed by atoms with Crippen LogP contribution in [0.2, 0.25) is 10.0 Å². The molecule has 3 rings (SSSR count). The van der Waals surface area contributed by atoms with Crippen LogP contribution in [0.25, 0.3) is 0 Å². The van der Waals surface area contributed by atoms with Gasteiger partial charge in [0.15, 0.2) is 9.84 Å². The van der Waals surface area contributed by atoms with Gasteiger partial charge in [-0.05, 0) is 42.0 Å². The number of hydrogen-bond acceptors (Lipinski definition) is 4. The summed E-state index contributed by atoms with van der Waals surface area (Å²) in [6.07, 6.45) is 0. The van der Waals surface area contributed by atoms with E-state index >= 15 is 0 Å². The van der Waals surface area contributed by atoms with Gasteiger partial charge in [-0.2, -0.15) is 0 Å². The molecule has 0 unspecified atom stereocenters. The Morgan fingerprint density at radius 2 is 1.43 bits per heavy atom. The largest absolute Gasteiger partial charge is 0.329 e. The summed E-state index contributed by atoms with van der Waals surface area (Å²) in [4.78, 5) is 0.201. The van der Waals surface area contributed by atoms with Gasteiger partial charge in [-0.1, -0.05) is 35.3 Å². The second-order valence-electron chi connectivity index (χ2n) is 5.77. The molecule has 4 nitrogen and oxygen atoms in total. The van der Waals surface area contributed by atoms with Crippen LogP contribution >= 0.6 is 23.2 Å². The third kappa shape index (κ3) is 2.77. The number of halogens is 2. The Kier molecular flexibility index (Phi) is 4.19. The quantitative estimate of drug-likeness (QED) is 0.865. The molecule has 0 saturated heterocycles. The van der Waals surface area contributed by atoms with Crippen molar-refractivity contribution in [3.05, 3.63) is 64.1 Å². The lowest BCUT2D eigenvalue weighted by Gasteiger charge is -2.09. The molecule has 3 atom stereocenters. The molecule has 0 aliphatic heterocycles. The molecule has 23 heavy (non-hydrogen) atoms. The number of nitrogens with two attached hydrogens (primary N) is 2. The van der Waals surface area contributed by atoms with Gasteiger partial charge >= 0.3 is 0 Å². The van der Waals surface area contributed by atoms with Crippen LogP contribution in [0.1, 0.15) is 11.5 Å². The number of rotatable bonds is 4. The summed E-state index contributed by atoms with van der Waals surface area (Å²) < 4.78 is 25.9. The van der Waals surface area contributed by atoms with Crippen molar-refractivity contribution in [2.24, 2.45) is 11.5 Å². The van der Waals surface area contributed by atoms with Crippen LogP contribution in [-0.4, -0.2) is 25.8 Å². The number of sulfone groups is 1. The monoisotopic (exact) mass is 370 g/mol. The lowest BCUT2D eigenvalue weighted by atomic mass is 10.1. The minimum Gasteiger partial charge on any atom is -0.329 e. The molecule has 0 amide bonds. The Morgan fingerprint density at radius 1 is 0.957 bits per heavy atom. The molecule has 0 radical (unpaired) electrons. The first-order chi connectivity index (χ1) is 10.8. The Morgan fingerprint density at radius 3 is 1.91 bits per heavy atom. The van der Waals surface area contributed by atoms with E-state index in [0.717, 1.165) is 5.56 Å². The molecule has 122 valence electrons. The fourth-order valence-electron chi connectivity index (χ4n) is 3.06. The van der Waals surface area contributed by atoms with Crippen LogP contribution < -0.4 is 11.5 Å². The molecule has 2 aromatic rings. The van der Waals surface area contributed by atoms with Gasteiger partial charge in [0.05, 0.1) is 15.7 Å². The molecule has 0 bridgehead atoms. The minimum atomic E-state index is -3.61. The van der Waals surface area contributed by atoms with E-state index in [1.165, 1.54) is 12.1 Å². The van der Waals surface area contributed by atoms with Crippen LogP contribution in [0.3, 0.4) is 0 Å². The summed E-state index contributed by atoms with van der Waals surface area (Å²) in [5.41, 5.74) is 11.9. The summed E-state index contributed by atoms with van der Waals surface area (Å²) in [5, 5.41) is 0.302. The molecule has 4 N–H and O–H groups in total. The third-order valence-corrected chi connectivity index (χ3v) is 7.17. The molecule has 7 heteroatoms. The zero-order valence-corrected chi connectivity index (χ0v) is 14.4. The molecule has 2 aromatic carbocycles. The van der Waals surface area contributed by atoms with E-state index in [-0.39, 0.29) is 17.4 Å². The van der Waals surface area contributed by atoms with Crippen molar-refractivity contribution in [3.8, 4) is 0 Å². The Bertz CT molecular complexity index is 822. The zero-order chi connectivity index (χ0) is 16.8. The van der Waals surface area contributed by atoms with Crippen LogP contribution in [0, 0.1) is 0 Å². The molecule has 0 aromatic heterocycles. The van der Waals surface area contributed by atoms with Gasteiger partial charge in [0.2, 0.25) is 0 Å². The highest BCUT2D eigenvalue weighted by molar-refractivity contribution is 7.92. The van der Waals surface area contributed by atoms with Crippen molar-refractivity contribution in [1.29, 1.82) is 0 Å². The fourth-order valence-corrected chi connectivity index (χ4v) is 5.63. The van der Waals surface area contributed by atoms with Gasteiger partial charge in [0, 0.05) is 22.5 Å². The first kappa shape index (κ1) is 16.7. The molecular weight excluding hydrogens is 355 g/mol. The maximum Gasteiger partial charge on any atom is 0.183 e. The number of benzene rings is 2. The van der Waals surface area contributed by atoms with Gasteiger partial charge in [-0.15, -0.1) is 0 Å². The van der Waals surface area contributed by atoms with E-state index in [2.05, 4.69) is 0 Å². The van der Waals surface area contributed by atoms with Crippen molar-refractivity contribution < 1.29 is 8.42 Å². The molecule has 1 aliphatic carbocycles. The van der Waals surface area contributed by atoms with E-state index < -0.39 is 20.6 Å². The lowest BCUT2D eigenvalue weighted by Crippen LogP contribution is -2.39. The second kappa shape index (κ2) is 5.76.